The van der Waals surface area contributed by atoms with Crippen molar-refractivity contribution in [3.63, 3.8) is 0 Å². The van der Waals surface area contributed by atoms with E-state index < -0.39 is 5.54 Å². The Balaban J connectivity index is 1.94. The minimum atomic E-state index is -0.940. The summed E-state index contributed by atoms with van der Waals surface area (Å²) in [5.74, 6) is 0.407. The maximum atomic E-state index is 12.6. The highest BCUT2D eigenvalue weighted by atomic mass is 35.5. The summed E-state index contributed by atoms with van der Waals surface area (Å²) in [6.45, 7) is 7.44. The number of carbonyl (C=O) groups is 1. The molecule has 3 rings (SSSR count). The smallest absolute Gasteiger partial charge is 0.231 e. The molecular weight excluding hydrogens is 465 g/mol. The average molecular weight is 488 g/mol. The number of aryl methyl sites for hydroxylation is 1. The molecule has 1 N–H and O–H groups in total. The molecule has 166 valence electrons. The number of nitrogens with one attached hydrogen (secondary N) is 1. The van der Waals surface area contributed by atoms with Crippen molar-refractivity contribution in [1.29, 1.82) is 5.26 Å². The highest BCUT2D eigenvalue weighted by molar-refractivity contribution is 7.99. The van der Waals surface area contributed by atoms with Crippen LogP contribution in [0.4, 0.5) is 0 Å². The third-order valence-electron chi connectivity index (χ3n) is 5.27. The molecule has 0 spiro atoms. The Bertz CT molecular complexity index is 1170. The number of thioether (sulfide) groups is 1. The summed E-state index contributed by atoms with van der Waals surface area (Å²) >= 11 is 13.7. The lowest BCUT2D eigenvalue weighted by molar-refractivity contribution is -0.120. The molecule has 1 atom stereocenters. The van der Waals surface area contributed by atoms with Crippen LogP contribution in [0.1, 0.15) is 26.3 Å². The lowest BCUT2D eigenvalue weighted by Crippen LogP contribution is -2.49. The molecule has 1 unspecified atom stereocenters. The molecule has 0 aliphatic rings. The van der Waals surface area contributed by atoms with Crippen LogP contribution < -0.4 is 5.32 Å². The predicted octanol–water partition coefficient (Wildman–Crippen LogP) is 5.70. The van der Waals surface area contributed by atoms with E-state index in [1.807, 2.05) is 55.7 Å². The van der Waals surface area contributed by atoms with E-state index in [1.54, 1.807) is 19.1 Å². The van der Waals surface area contributed by atoms with E-state index in [1.165, 1.54) is 11.8 Å². The summed E-state index contributed by atoms with van der Waals surface area (Å²) < 4.78 is 1.86. The van der Waals surface area contributed by atoms with Crippen LogP contribution in [-0.2, 0) is 4.79 Å². The minimum Gasteiger partial charge on any atom is -0.337 e. The quantitative estimate of drug-likeness (QED) is 0.432. The summed E-state index contributed by atoms with van der Waals surface area (Å²) in [4.78, 5) is 12.6. The number of hydrogen-bond donors (Lipinski definition) is 1. The van der Waals surface area contributed by atoms with Gasteiger partial charge in [0.05, 0.1) is 17.5 Å². The zero-order valence-corrected chi connectivity index (χ0v) is 20.5. The molecular formula is C23H23Cl2N5OS. The second-order valence-electron chi connectivity index (χ2n) is 7.89. The van der Waals surface area contributed by atoms with Crippen molar-refractivity contribution in [3.8, 4) is 23.1 Å². The van der Waals surface area contributed by atoms with Crippen molar-refractivity contribution >= 4 is 40.9 Å². The predicted molar refractivity (Wildman–Crippen MR) is 129 cm³/mol. The van der Waals surface area contributed by atoms with Gasteiger partial charge in [0.15, 0.2) is 11.0 Å². The average Bonchev–Trinajstić information content (AvgIpc) is 3.18. The lowest BCUT2D eigenvalue weighted by atomic mass is 9.90. The van der Waals surface area contributed by atoms with Gasteiger partial charge in [0.1, 0.15) is 5.54 Å². The topological polar surface area (TPSA) is 83.6 Å². The van der Waals surface area contributed by atoms with E-state index in [0.717, 1.165) is 16.8 Å². The van der Waals surface area contributed by atoms with Crippen LogP contribution in [0.25, 0.3) is 17.1 Å². The Morgan fingerprint density at radius 2 is 1.91 bits per heavy atom. The van der Waals surface area contributed by atoms with Crippen molar-refractivity contribution in [1.82, 2.24) is 20.1 Å². The van der Waals surface area contributed by atoms with Crippen LogP contribution in [0.2, 0.25) is 10.0 Å². The van der Waals surface area contributed by atoms with Gasteiger partial charge in [0, 0.05) is 15.6 Å². The first-order chi connectivity index (χ1) is 15.1. The number of aromatic nitrogens is 3. The molecule has 0 aliphatic carbocycles. The van der Waals surface area contributed by atoms with Gasteiger partial charge in [-0.15, -0.1) is 10.2 Å². The van der Waals surface area contributed by atoms with Crippen LogP contribution in [0, 0.1) is 24.2 Å². The van der Waals surface area contributed by atoms with Gasteiger partial charge in [0.25, 0.3) is 0 Å². The molecule has 1 aromatic heterocycles. The molecule has 0 radical (unpaired) electrons. The Labute approximate surface area is 201 Å². The van der Waals surface area contributed by atoms with Gasteiger partial charge in [0.2, 0.25) is 5.91 Å². The highest BCUT2D eigenvalue weighted by Gasteiger charge is 2.30. The molecule has 0 fully saturated rings. The van der Waals surface area contributed by atoms with Gasteiger partial charge < -0.3 is 5.32 Å². The summed E-state index contributed by atoms with van der Waals surface area (Å²) in [5.41, 5.74) is 1.62. The zero-order chi connectivity index (χ0) is 23.5. The molecule has 1 heterocycles. The number of rotatable bonds is 7. The number of halogens is 2. The third kappa shape index (κ3) is 5.26. The van der Waals surface area contributed by atoms with Crippen molar-refractivity contribution < 1.29 is 4.79 Å². The summed E-state index contributed by atoms with van der Waals surface area (Å²) in [6.07, 6.45) is 0. The summed E-state index contributed by atoms with van der Waals surface area (Å²) in [6, 6.07) is 15.2. The third-order valence-corrected chi connectivity index (χ3v) is 6.86. The fraction of sp³-hybridized carbons (Fsp3) is 0.304. The van der Waals surface area contributed by atoms with Crippen LogP contribution in [0.15, 0.2) is 47.6 Å². The van der Waals surface area contributed by atoms with Crippen LogP contribution >= 0.6 is 35.0 Å². The molecule has 32 heavy (non-hydrogen) atoms. The Kier molecular flexibility index (Phi) is 7.50. The lowest BCUT2D eigenvalue weighted by Gasteiger charge is -2.27. The van der Waals surface area contributed by atoms with Crippen molar-refractivity contribution in [3.05, 3.63) is 58.1 Å². The molecule has 9 heteroatoms. The first kappa shape index (κ1) is 24.1. The highest BCUT2D eigenvalue weighted by Crippen LogP contribution is 2.30. The number of amides is 1. The second-order valence-corrected chi connectivity index (χ2v) is 9.67. The monoisotopic (exact) mass is 487 g/mol. The Morgan fingerprint density at radius 3 is 2.50 bits per heavy atom. The van der Waals surface area contributed by atoms with Gasteiger partial charge in [-0.25, -0.2) is 0 Å². The Hall–Kier alpha value is -2.53. The van der Waals surface area contributed by atoms with E-state index in [0.29, 0.717) is 21.0 Å². The van der Waals surface area contributed by atoms with Gasteiger partial charge in [-0.1, -0.05) is 54.9 Å². The molecule has 0 saturated carbocycles. The number of nitriles is 1. The first-order valence-corrected chi connectivity index (χ1v) is 11.7. The zero-order valence-electron chi connectivity index (χ0n) is 18.2. The van der Waals surface area contributed by atoms with Gasteiger partial charge in [-0.2, -0.15) is 5.26 Å². The molecule has 6 nitrogen and oxygen atoms in total. The van der Waals surface area contributed by atoms with Crippen molar-refractivity contribution in [2.45, 2.75) is 38.4 Å². The van der Waals surface area contributed by atoms with Crippen LogP contribution in [-0.4, -0.2) is 32.0 Å². The molecule has 0 saturated heterocycles. The molecule has 1 amide bonds. The van der Waals surface area contributed by atoms with E-state index in [4.69, 9.17) is 23.2 Å². The maximum Gasteiger partial charge on any atom is 0.231 e. The molecule has 0 bridgehead atoms. The van der Waals surface area contributed by atoms with E-state index >= 15 is 0 Å². The van der Waals surface area contributed by atoms with Crippen molar-refractivity contribution in [2.24, 2.45) is 5.92 Å². The second kappa shape index (κ2) is 9.95. The molecule has 0 aliphatic heterocycles. The number of nitrogens with zero attached hydrogens (tertiary/aromatic N) is 4. The number of carbonyl (C=O) groups excluding carboxylic acids is 1. The van der Waals surface area contributed by atoms with Crippen LogP contribution in [0.5, 0.6) is 0 Å². The minimum absolute atomic E-state index is 0.0312. The molecule has 2 aromatic carbocycles. The largest absolute Gasteiger partial charge is 0.337 e. The van der Waals surface area contributed by atoms with E-state index in [2.05, 4.69) is 21.6 Å². The van der Waals surface area contributed by atoms with Gasteiger partial charge >= 0.3 is 0 Å². The Morgan fingerprint density at radius 1 is 1.22 bits per heavy atom. The summed E-state index contributed by atoms with van der Waals surface area (Å²) in [5, 5.41) is 22.7. The maximum absolute atomic E-state index is 12.6. The van der Waals surface area contributed by atoms with Crippen LogP contribution in [0.3, 0.4) is 0 Å². The van der Waals surface area contributed by atoms with Gasteiger partial charge in [-0.05, 0) is 61.7 Å². The van der Waals surface area contributed by atoms with E-state index in [-0.39, 0.29) is 17.6 Å². The number of hydrogen-bond acceptors (Lipinski definition) is 5. The SMILES string of the molecule is Cc1ccc(-n2c(SCC(=O)NC(C)(C#N)C(C)C)nnc2-c2ccc(Cl)cc2)cc1Cl. The summed E-state index contributed by atoms with van der Waals surface area (Å²) in [7, 11) is 0. The normalized spacial score (nSPS) is 12.9. The number of benzene rings is 2. The first-order valence-electron chi connectivity index (χ1n) is 9.97. The van der Waals surface area contributed by atoms with Gasteiger partial charge in [-0.3, -0.25) is 9.36 Å². The fourth-order valence-electron chi connectivity index (χ4n) is 2.86. The molecule has 3 aromatic rings. The van der Waals surface area contributed by atoms with Crippen molar-refractivity contribution in [2.75, 3.05) is 5.75 Å². The fourth-order valence-corrected chi connectivity index (χ4v) is 3.91. The van der Waals surface area contributed by atoms with E-state index in [9.17, 15) is 10.1 Å². The standard InChI is InChI=1S/C23H23Cl2N5OS/c1-14(2)23(4,13-26)27-20(31)12-32-22-29-28-21(16-6-8-17(24)9-7-16)30(22)18-10-5-15(3)19(25)11-18/h5-11,14H,12H2,1-4H3,(H,27,31).